The number of hydrogen-bond acceptors (Lipinski definition) is 2. The Labute approximate surface area is 167 Å². The Hall–Kier alpha value is -1.81. The van der Waals surface area contributed by atoms with Crippen LogP contribution in [0.1, 0.15) is 24.4 Å². The third-order valence-electron chi connectivity index (χ3n) is 4.90. The number of piperidine rings is 1. The lowest BCUT2D eigenvalue weighted by Gasteiger charge is -2.33. The highest BCUT2D eigenvalue weighted by Crippen LogP contribution is 2.28. The fourth-order valence-corrected chi connectivity index (χ4v) is 3.62. The standard InChI is InChI=1S/C21H23N3.2ClH/c1-3-7-18(8-4-1)17-23-14-11-20(12-15-23)24-16-13-22-21(24)19-9-5-2-6-10-19;;/h1-10,13,16,20H,11-12,14-15,17H2;2*1H. The van der Waals surface area contributed by atoms with E-state index in [-0.39, 0.29) is 24.8 Å². The molecule has 0 aliphatic carbocycles. The van der Waals surface area contributed by atoms with Gasteiger partial charge in [-0.2, -0.15) is 0 Å². The molecule has 2 heterocycles. The van der Waals surface area contributed by atoms with Gasteiger partial charge in [-0.15, -0.1) is 24.8 Å². The molecule has 0 saturated carbocycles. The van der Waals surface area contributed by atoms with Crippen LogP contribution in [-0.2, 0) is 6.54 Å². The Morgan fingerprint density at radius 3 is 2.12 bits per heavy atom. The van der Waals surface area contributed by atoms with Crippen LogP contribution in [0.15, 0.2) is 73.1 Å². The predicted molar refractivity (Wildman–Crippen MR) is 112 cm³/mol. The van der Waals surface area contributed by atoms with Gasteiger partial charge in [-0.3, -0.25) is 4.90 Å². The Morgan fingerprint density at radius 2 is 1.46 bits per heavy atom. The van der Waals surface area contributed by atoms with Crippen LogP contribution in [0.3, 0.4) is 0 Å². The molecule has 5 heteroatoms. The molecule has 26 heavy (non-hydrogen) atoms. The van der Waals surface area contributed by atoms with E-state index in [9.17, 15) is 0 Å². The van der Waals surface area contributed by atoms with E-state index < -0.39 is 0 Å². The van der Waals surface area contributed by atoms with Gasteiger partial charge in [0.25, 0.3) is 0 Å². The Kier molecular flexibility index (Phi) is 7.70. The number of benzene rings is 2. The highest BCUT2D eigenvalue weighted by atomic mass is 35.5. The molecule has 0 amide bonds. The predicted octanol–water partition coefficient (Wildman–Crippen LogP) is 5.23. The average molecular weight is 390 g/mol. The van der Waals surface area contributed by atoms with Crippen LogP contribution in [0.25, 0.3) is 11.4 Å². The monoisotopic (exact) mass is 389 g/mol. The van der Waals surface area contributed by atoms with Crippen molar-refractivity contribution in [1.29, 1.82) is 0 Å². The van der Waals surface area contributed by atoms with Crippen LogP contribution in [0.2, 0.25) is 0 Å². The van der Waals surface area contributed by atoms with Crippen LogP contribution in [0.4, 0.5) is 0 Å². The minimum atomic E-state index is 0. The van der Waals surface area contributed by atoms with Crippen LogP contribution < -0.4 is 0 Å². The molecule has 0 N–H and O–H groups in total. The lowest BCUT2D eigenvalue weighted by Crippen LogP contribution is -2.34. The summed E-state index contributed by atoms with van der Waals surface area (Å²) < 4.78 is 2.37. The van der Waals surface area contributed by atoms with Gasteiger partial charge in [-0.1, -0.05) is 60.7 Å². The van der Waals surface area contributed by atoms with E-state index in [1.165, 1.54) is 24.0 Å². The van der Waals surface area contributed by atoms with Gasteiger partial charge in [0.15, 0.2) is 0 Å². The van der Waals surface area contributed by atoms with Gasteiger partial charge in [0.05, 0.1) is 0 Å². The number of rotatable bonds is 4. The normalized spacial score (nSPS) is 15.1. The average Bonchev–Trinajstić information content (AvgIpc) is 3.14. The van der Waals surface area contributed by atoms with Crippen LogP contribution in [-0.4, -0.2) is 27.5 Å². The summed E-state index contributed by atoms with van der Waals surface area (Å²) in [5.74, 6) is 1.09. The maximum absolute atomic E-state index is 4.60. The largest absolute Gasteiger partial charge is 0.328 e. The number of aromatic nitrogens is 2. The summed E-state index contributed by atoms with van der Waals surface area (Å²) in [7, 11) is 0. The minimum Gasteiger partial charge on any atom is -0.328 e. The van der Waals surface area contributed by atoms with E-state index in [4.69, 9.17) is 0 Å². The minimum absolute atomic E-state index is 0. The van der Waals surface area contributed by atoms with Crippen molar-refractivity contribution < 1.29 is 0 Å². The molecule has 138 valence electrons. The van der Waals surface area contributed by atoms with Gasteiger partial charge < -0.3 is 4.57 Å². The van der Waals surface area contributed by atoms with Crippen molar-refractivity contribution in [3.63, 3.8) is 0 Å². The number of hydrogen-bond donors (Lipinski definition) is 0. The smallest absolute Gasteiger partial charge is 0.140 e. The van der Waals surface area contributed by atoms with Crippen molar-refractivity contribution >= 4 is 24.8 Å². The fraction of sp³-hybridized carbons (Fsp3) is 0.286. The van der Waals surface area contributed by atoms with E-state index in [0.29, 0.717) is 6.04 Å². The number of nitrogens with zero attached hydrogens (tertiary/aromatic N) is 3. The Bertz CT molecular complexity index is 766. The first kappa shape index (κ1) is 20.5. The molecule has 0 spiro atoms. The summed E-state index contributed by atoms with van der Waals surface area (Å²) >= 11 is 0. The molecule has 1 aliphatic heterocycles. The Morgan fingerprint density at radius 1 is 0.846 bits per heavy atom. The molecule has 0 radical (unpaired) electrons. The quantitative estimate of drug-likeness (QED) is 0.608. The van der Waals surface area contributed by atoms with Crippen molar-refractivity contribution in [1.82, 2.24) is 14.5 Å². The summed E-state index contributed by atoms with van der Waals surface area (Å²) in [4.78, 5) is 7.16. The highest BCUT2D eigenvalue weighted by molar-refractivity contribution is 5.85. The first-order chi connectivity index (χ1) is 11.9. The molecule has 3 aromatic rings. The van der Waals surface area contributed by atoms with Crippen LogP contribution >= 0.6 is 24.8 Å². The lowest BCUT2D eigenvalue weighted by molar-refractivity contribution is 0.180. The molecule has 1 aliphatic rings. The molecule has 1 fully saturated rings. The Balaban J connectivity index is 0.00000121. The molecule has 0 atom stereocenters. The maximum atomic E-state index is 4.60. The van der Waals surface area contributed by atoms with E-state index in [1.54, 1.807) is 0 Å². The van der Waals surface area contributed by atoms with Gasteiger partial charge in [0.2, 0.25) is 0 Å². The second-order valence-corrected chi connectivity index (χ2v) is 6.52. The van der Waals surface area contributed by atoms with Crippen molar-refractivity contribution in [2.75, 3.05) is 13.1 Å². The van der Waals surface area contributed by atoms with Crippen molar-refractivity contribution in [3.8, 4) is 11.4 Å². The lowest BCUT2D eigenvalue weighted by atomic mass is 10.0. The molecule has 0 bridgehead atoms. The number of likely N-dealkylation sites (tertiary alicyclic amines) is 1. The molecule has 4 rings (SSSR count). The van der Waals surface area contributed by atoms with E-state index in [0.717, 1.165) is 25.5 Å². The summed E-state index contributed by atoms with van der Waals surface area (Å²) in [6, 6.07) is 21.8. The van der Waals surface area contributed by atoms with Gasteiger partial charge in [0, 0.05) is 43.6 Å². The van der Waals surface area contributed by atoms with Crippen molar-refractivity contribution in [2.24, 2.45) is 0 Å². The molecular weight excluding hydrogens is 365 g/mol. The zero-order valence-electron chi connectivity index (χ0n) is 14.7. The zero-order chi connectivity index (χ0) is 16.2. The molecule has 1 saturated heterocycles. The second-order valence-electron chi connectivity index (χ2n) is 6.52. The van der Waals surface area contributed by atoms with E-state index >= 15 is 0 Å². The van der Waals surface area contributed by atoms with Crippen molar-refractivity contribution in [2.45, 2.75) is 25.4 Å². The number of imidazole rings is 1. The van der Waals surface area contributed by atoms with Gasteiger partial charge in [-0.25, -0.2) is 4.98 Å². The van der Waals surface area contributed by atoms with Gasteiger partial charge in [-0.05, 0) is 18.4 Å². The highest BCUT2D eigenvalue weighted by Gasteiger charge is 2.22. The van der Waals surface area contributed by atoms with Gasteiger partial charge >= 0.3 is 0 Å². The van der Waals surface area contributed by atoms with E-state index in [1.807, 2.05) is 6.20 Å². The summed E-state index contributed by atoms with van der Waals surface area (Å²) in [5, 5.41) is 0. The molecule has 1 aromatic heterocycles. The first-order valence-corrected chi connectivity index (χ1v) is 8.75. The van der Waals surface area contributed by atoms with Crippen molar-refractivity contribution in [3.05, 3.63) is 78.6 Å². The maximum Gasteiger partial charge on any atom is 0.140 e. The first-order valence-electron chi connectivity index (χ1n) is 8.75. The fourth-order valence-electron chi connectivity index (χ4n) is 3.62. The zero-order valence-corrected chi connectivity index (χ0v) is 16.3. The van der Waals surface area contributed by atoms with Crippen LogP contribution in [0.5, 0.6) is 0 Å². The topological polar surface area (TPSA) is 21.1 Å². The van der Waals surface area contributed by atoms with Crippen LogP contribution in [0, 0.1) is 0 Å². The second kappa shape index (κ2) is 9.77. The van der Waals surface area contributed by atoms with Gasteiger partial charge in [0.1, 0.15) is 5.82 Å². The third kappa shape index (κ3) is 4.67. The summed E-state index contributed by atoms with van der Waals surface area (Å²) in [5.41, 5.74) is 2.61. The summed E-state index contributed by atoms with van der Waals surface area (Å²) in [6.07, 6.45) is 6.44. The summed E-state index contributed by atoms with van der Waals surface area (Å²) in [6.45, 7) is 3.35. The molecule has 3 nitrogen and oxygen atoms in total. The third-order valence-corrected chi connectivity index (χ3v) is 4.90. The number of halogens is 2. The van der Waals surface area contributed by atoms with E-state index in [2.05, 4.69) is 81.3 Å². The molecule has 0 unspecified atom stereocenters. The molecular formula is C21H25Cl2N3. The molecule has 2 aromatic carbocycles. The SMILES string of the molecule is Cl.Cl.c1ccc(CN2CCC(n3ccnc3-c3ccccc3)CC2)cc1.